The molecule has 2 nitrogen and oxygen atoms in total. The smallest absolute Gasteiger partial charge is 0.123 e. The summed E-state index contributed by atoms with van der Waals surface area (Å²) in [6.45, 7) is 1.19. The molecule has 0 aliphatic heterocycles. The molecular formula is C16H15FN2. The summed E-state index contributed by atoms with van der Waals surface area (Å²) in [4.78, 5) is 0. The molecule has 2 N–H and O–H groups in total. The monoisotopic (exact) mass is 254 g/mol. The van der Waals surface area contributed by atoms with Gasteiger partial charge in [-0.05, 0) is 29.3 Å². The molecule has 0 spiro atoms. The number of aromatic nitrogens is 1. The first-order valence-corrected chi connectivity index (χ1v) is 6.29. The fourth-order valence-electron chi connectivity index (χ4n) is 2.42. The summed E-state index contributed by atoms with van der Waals surface area (Å²) >= 11 is 0. The Morgan fingerprint density at radius 1 is 1.05 bits per heavy atom. The van der Waals surface area contributed by atoms with Crippen molar-refractivity contribution in [2.24, 2.45) is 5.73 Å². The Hall–Kier alpha value is -2.13. The minimum Gasteiger partial charge on any atom is -0.343 e. The minimum absolute atomic E-state index is 0.223. The molecule has 96 valence electrons. The Morgan fingerprint density at radius 2 is 1.84 bits per heavy atom. The van der Waals surface area contributed by atoms with E-state index < -0.39 is 0 Å². The van der Waals surface area contributed by atoms with Gasteiger partial charge in [-0.1, -0.05) is 30.3 Å². The molecule has 3 aromatic rings. The fourth-order valence-corrected chi connectivity index (χ4v) is 2.42. The second-order valence-electron chi connectivity index (χ2n) is 4.63. The van der Waals surface area contributed by atoms with Gasteiger partial charge in [0.05, 0.1) is 0 Å². The highest BCUT2D eigenvalue weighted by atomic mass is 19.1. The third kappa shape index (κ3) is 2.25. The van der Waals surface area contributed by atoms with Crippen LogP contribution < -0.4 is 5.73 Å². The van der Waals surface area contributed by atoms with E-state index in [2.05, 4.69) is 16.7 Å². The van der Waals surface area contributed by atoms with Gasteiger partial charge in [-0.2, -0.15) is 0 Å². The Morgan fingerprint density at radius 3 is 2.58 bits per heavy atom. The van der Waals surface area contributed by atoms with Crippen LogP contribution in [0.1, 0.15) is 11.1 Å². The Bertz CT molecular complexity index is 701. The van der Waals surface area contributed by atoms with Crippen molar-refractivity contribution in [3.05, 3.63) is 71.7 Å². The minimum atomic E-state index is -0.223. The van der Waals surface area contributed by atoms with Crippen LogP contribution >= 0.6 is 0 Å². The molecule has 3 heteroatoms. The van der Waals surface area contributed by atoms with Gasteiger partial charge < -0.3 is 10.3 Å². The molecular weight excluding hydrogens is 239 g/mol. The first-order valence-electron chi connectivity index (χ1n) is 6.29. The molecule has 0 amide bonds. The maximum absolute atomic E-state index is 13.3. The van der Waals surface area contributed by atoms with Crippen LogP contribution in [0.5, 0.6) is 0 Å². The number of benzene rings is 2. The number of hydrogen-bond acceptors (Lipinski definition) is 1. The van der Waals surface area contributed by atoms with Crippen LogP contribution in [-0.4, -0.2) is 4.57 Å². The van der Waals surface area contributed by atoms with E-state index in [1.54, 1.807) is 6.07 Å². The molecule has 0 fully saturated rings. The molecule has 0 unspecified atom stereocenters. The van der Waals surface area contributed by atoms with Crippen molar-refractivity contribution in [3.63, 3.8) is 0 Å². The second kappa shape index (κ2) is 4.86. The molecule has 0 radical (unpaired) electrons. The van der Waals surface area contributed by atoms with Crippen molar-refractivity contribution in [2.45, 2.75) is 13.1 Å². The summed E-state index contributed by atoms with van der Waals surface area (Å²) in [5.41, 5.74) is 8.95. The molecule has 1 aromatic heterocycles. The lowest BCUT2D eigenvalue weighted by molar-refractivity contribution is 0.629. The van der Waals surface area contributed by atoms with Crippen LogP contribution in [0.15, 0.2) is 54.7 Å². The van der Waals surface area contributed by atoms with E-state index in [0.717, 1.165) is 23.0 Å². The zero-order chi connectivity index (χ0) is 13.2. The lowest BCUT2D eigenvalue weighted by Crippen LogP contribution is -1.98. The second-order valence-corrected chi connectivity index (χ2v) is 4.63. The molecule has 1 heterocycles. The molecule has 0 bridgehead atoms. The van der Waals surface area contributed by atoms with Crippen molar-refractivity contribution in [3.8, 4) is 0 Å². The highest BCUT2D eigenvalue weighted by molar-refractivity contribution is 5.84. The van der Waals surface area contributed by atoms with Crippen LogP contribution in [0.25, 0.3) is 10.9 Å². The number of nitrogens with two attached hydrogens (primary N) is 1. The number of nitrogens with zero attached hydrogens (tertiary/aromatic N) is 1. The Kier molecular flexibility index (Phi) is 3.05. The third-order valence-corrected chi connectivity index (χ3v) is 3.34. The molecule has 0 saturated heterocycles. The van der Waals surface area contributed by atoms with E-state index in [4.69, 9.17) is 5.73 Å². The summed E-state index contributed by atoms with van der Waals surface area (Å²) in [6, 6.07) is 15.1. The highest BCUT2D eigenvalue weighted by Crippen LogP contribution is 2.23. The average Bonchev–Trinajstić information content (AvgIpc) is 2.77. The lowest BCUT2D eigenvalue weighted by Gasteiger charge is -2.05. The highest BCUT2D eigenvalue weighted by Gasteiger charge is 2.08. The standard InChI is InChI=1S/C16H15FN2/c17-14-6-7-16-15(8-14)13(9-18)11-19(16)10-12-4-2-1-3-5-12/h1-8,11H,9-10,18H2. The first-order chi connectivity index (χ1) is 9.28. The van der Waals surface area contributed by atoms with Gasteiger partial charge in [-0.15, -0.1) is 0 Å². The quantitative estimate of drug-likeness (QED) is 0.764. The average molecular weight is 254 g/mol. The van der Waals surface area contributed by atoms with E-state index in [1.165, 1.54) is 11.6 Å². The number of halogens is 1. The van der Waals surface area contributed by atoms with Crippen LogP contribution in [0.2, 0.25) is 0 Å². The molecule has 0 aliphatic rings. The third-order valence-electron chi connectivity index (χ3n) is 3.34. The first kappa shape index (κ1) is 11.9. The summed E-state index contributed by atoms with van der Waals surface area (Å²) in [6.07, 6.45) is 2.01. The molecule has 3 rings (SSSR count). The van der Waals surface area contributed by atoms with Gasteiger partial charge in [0.15, 0.2) is 0 Å². The van der Waals surface area contributed by atoms with E-state index in [9.17, 15) is 4.39 Å². The number of fused-ring (bicyclic) bond motifs is 1. The topological polar surface area (TPSA) is 30.9 Å². The zero-order valence-electron chi connectivity index (χ0n) is 10.5. The van der Waals surface area contributed by atoms with Gasteiger partial charge in [-0.25, -0.2) is 4.39 Å². The SMILES string of the molecule is NCc1cn(Cc2ccccc2)c2ccc(F)cc12. The van der Waals surface area contributed by atoms with Crippen molar-refractivity contribution in [1.29, 1.82) is 0 Å². The van der Waals surface area contributed by atoms with E-state index in [1.807, 2.05) is 30.5 Å². The fraction of sp³-hybridized carbons (Fsp3) is 0.125. The predicted octanol–water partition coefficient (Wildman–Crippen LogP) is 3.29. The summed E-state index contributed by atoms with van der Waals surface area (Å²) < 4.78 is 15.5. The summed E-state index contributed by atoms with van der Waals surface area (Å²) in [5, 5.41) is 0.901. The maximum Gasteiger partial charge on any atom is 0.123 e. The molecule has 0 aliphatic carbocycles. The maximum atomic E-state index is 13.3. The lowest BCUT2D eigenvalue weighted by atomic mass is 10.2. The van der Waals surface area contributed by atoms with E-state index in [0.29, 0.717) is 6.54 Å². The van der Waals surface area contributed by atoms with Crippen molar-refractivity contribution < 1.29 is 4.39 Å². The van der Waals surface area contributed by atoms with Crippen molar-refractivity contribution in [1.82, 2.24) is 4.57 Å². The van der Waals surface area contributed by atoms with Crippen molar-refractivity contribution >= 4 is 10.9 Å². The largest absolute Gasteiger partial charge is 0.343 e. The van der Waals surface area contributed by atoms with Gasteiger partial charge in [0.1, 0.15) is 5.82 Å². The Labute approximate surface area is 111 Å². The van der Waals surface area contributed by atoms with Gasteiger partial charge in [-0.3, -0.25) is 0 Å². The molecule has 2 aromatic carbocycles. The number of rotatable bonds is 3. The number of hydrogen-bond donors (Lipinski definition) is 1. The zero-order valence-corrected chi connectivity index (χ0v) is 10.5. The van der Waals surface area contributed by atoms with Crippen LogP contribution in [0, 0.1) is 5.82 Å². The predicted molar refractivity (Wildman–Crippen MR) is 75.3 cm³/mol. The van der Waals surface area contributed by atoms with Crippen molar-refractivity contribution in [2.75, 3.05) is 0 Å². The van der Waals surface area contributed by atoms with Gasteiger partial charge in [0, 0.05) is 30.2 Å². The summed E-state index contributed by atoms with van der Waals surface area (Å²) in [5.74, 6) is -0.223. The van der Waals surface area contributed by atoms with Crippen LogP contribution in [0.4, 0.5) is 4.39 Å². The molecule has 0 saturated carbocycles. The Balaban J connectivity index is 2.09. The normalized spacial score (nSPS) is 11.1. The summed E-state index contributed by atoms with van der Waals surface area (Å²) in [7, 11) is 0. The van der Waals surface area contributed by atoms with Crippen LogP contribution in [0.3, 0.4) is 0 Å². The van der Waals surface area contributed by atoms with Gasteiger partial charge >= 0.3 is 0 Å². The van der Waals surface area contributed by atoms with Gasteiger partial charge in [0.25, 0.3) is 0 Å². The van der Waals surface area contributed by atoms with Crippen LogP contribution in [-0.2, 0) is 13.1 Å². The van der Waals surface area contributed by atoms with E-state index >= 15 is 0 Å². The molecule has 0 atom stereocenters. The molecule has 19 heavy (non-hydrogen) atoms. The van der Waals surface area contributed by atoms with E-state index in [-0.39, 0.29) is 5.82 Å². The van der Waals surface area contributed by atoms with Gasteiger partial charge in [0.2, 0.25) is 0 Å².